The van der Waals surface area contributed by atoms with E-state index in [4.69, 9.17) is 0 Å². The van der Waals surface area contributed by atoms with Crippen molar-refractivity contribution in [3.63, 3.8) is 0 Å². The van der Waals surface area contributed by atoms with Crippen molar-refractivity contribution in [2.24, 2.45) is 0 Å². The van der Waals surface area contributed by atoms with Crippen LogP contribution in [0, 0.1) is 6.92 Å². The van der Waals surface area contributed by atoms with E-state index in [1.165, 1.54) is 11.8 Å². The van der Waals surface area contributed by atoms with Crippen molar-refractivity contribution in [1.29, 1.82) is 0 Å². The predicted molar refractivity (Wildman–Crippen MR) is 113 cm³/mol. The number of carbonyl (C=O) groups is 3. The van der Waals surface area contributed by atoms with Crippen LogP contribution in [0.25, 0.3) is 0 Å². The lowest BCUT2D eigenvalue weighted by atomic mass is 10.2. The molecule has 1 aromatic carbocycles. The number of anilines is 1. The molecule has 0 saturated carbocycles. The van der Waals surface area contributed by atoms with Crippen molar-refractivity contribution in [3.05, 3.63) is 29.8 Å². The number of thioether (sulfide) groups is 1. The summed E-state index contributed by atoms with van der Waals surface area (Å²) in [7, 11) is 0. The lowest BCUT2D eigenvalue weighted by Gasteiger charge is -2.34. The van der Waals surface area contributed by atoms with Gasteiger partial charge in [-0.25, -0.2) is 0 Å². The number of carbonyl (C=O) groups excluding carboxylic acids is 3. The third-order valence-corrected chi connectivity index (χ3v) is 5.38. The minimum atomic E-state index is -0.107. The molecule has 8 heteroatoms. The van der Waals surface area contributed by atoms with E-state index >= 15 is 0 Å². The molecule has 2 N–H and O–H groups in total. The number of rotatable bonds is 9. The van der Waals surface area contributed by atoms with Gasteiger partial charge in [-0.3, -0.25) is 19.3 Å². The molecule has 7 nitrogen and oxygen atoms in total. The van der Waals surface area contributed by atoms with Gasteiger partial charge < -0.3 is 15.5 Å². The van der Waals surface area contributed by atoms with Crippen molar-refractivity contribution in [1.82, 2.24) is 15.1 Å². The van der Waals surface area contributed by atoms with Crippen LogP contribution in [-0.2, 0) is 14.4 Å². The molecule has 1 aliphatic heterocycles. The number of amides is 3. The second kappa shape index (κ2) is 11.7. The summed E-state index contributed by atoms with van der Waals surface area (Å²) in [6.07, 6.45) is 0.925. The van der Waals surface area contributed by atoms with E-state index in [1.807, 2.05) is 43.0 Å². The fourth-order valence-corrected chi connectivity index (χ4v) is 3.55. The lowest BCUT2D eigenvalue weighted by Crippen LogP contribution is -2.51. The standard InChI is InChI=1S/C20H30N4O3S/c1-3-8-21-18(25)13-23-9-11-24(12-10-23)20(27)15-28-14-19(26)22-17-6-4-16(2)5-7-17/h4-7H,3,8-15H2,1-2H3,(H,21,25)(H,22,26). The Hall–Kier alpha value is -2.06. The molecule has 0 atom stereocenters. The molecule has 1 aromatic rings. The summed E-state index contributed by atoms with van der Waals surface area (Å²) in [5, 5.41) is 5.70. The summed E-state index contributed by atoms with van der Waals surface area (Å²) in [6.45, 7) is 7.74. The zero-order chi connectivity index (χ0) is 20.4. The van der Waals surface area contributed by atoms with Gasteiger partial charge in [0.15, 0.2) is 0 Å². The summed E-state index contributed by atoms with van der Waals surface area (Å²) in [6, 6.07) is 7.62. The Bertz CT molecular complexity index is 658. The van der Waals surface area contributed by atoms with Crippen molar-refractivity contribution < 1.29 is 14.4 Å². The van der Waals surface area contributed by atoms with Gasteiger partial charge in [-0.2, -0.15) is 0 Å². The lowest BCUT2D eigenvalue weighted by molar-refractivity contribution is -0.130. The highest BCUT2D eigenvalue weighted by Gasteiger charge is 2.22. The molecule has 0 aromatic heterocycles. The van der Waals surface area contributed by atoms with Crippen LogP contribution in [0.3, 0.4) is 0 Å². The first-order chi connectivity index (χ1) is 13.5. The van der Waals surface area contributed by atoms with Crippen LogP contribution in [-0.4, -0.2) is 78.3 Å². The van der Waals surface area contributed by atoms with Crippen LogP contribution >= 0.6 is 11.8 Å². The average molecular weight is 407 g/mol. The minimum absolute atomic E-state index is 0.0387. The summed E-state index contributed by atoms with van der Waals surface area (Å²) in [4.78, 5) is 39.9. The molecule has 0 aliphatic carbocycles. The smallest absolute Gasteiger partial charge is 0.234 e. The average Bonchev–Trinajstić information content (AvgIpc) is 2.68. The highest BCUT2D eigenvalue weighted by Crippen LogP contribution is 2.11. The molecule has 1 saturated heterocycles. The van der Waals surface area contributed by atoms with Crippen molar-refractivity contribution >= 4 is 35.2 Å². The van der Waals surface area contributed by atoms with E-state index in [0.29, 0.717) is 39.3 Å². The maximum atomic E-state index is 12.3. The van der Waals surface area contributed by atoms with E-state index < -0.39 is 0 Å². The second-order valence-corrected chi connectivity index (χ2v) is 7.90. The maximum Gasteiger partial charge on any atom is 0.234 e. The fraction of sp³-hybridized carbons (Fsp3) is 0.550. The summed E-state index contributed by atoms with van der Waals surface area (Å²) in [5.41, 5.74) is 1.90. The Morgan fingerprint density at radius 1 is 1.00 bits per heavy atom. The first-order valence-electron chi connectivity index (χ1n) is 9.69. The van der Waals surface area contributed by atoms with E-state index in [0.717, 1.165) is 17.7 Å². The predicted octanol–water partition coefficient (Wildman–Crippen LogP) is 1.34. The third-order valence-electron chi connectivity index (χ3n) is 4.46. The fourth-order valence-electron chi connectivity index (χ4n) is 2.84. The van der Waals surface area contributed by atoms with Gasteiger partial charge in [-0.1, -0.05) is 24.6 Å². The normalized spacial score (nSPS) is 14.6. The van der Waals surface area contributed by atoms with Crippen molar-refractivity contribution in [2.45, 2.75) is 20.3 Å². The Morgan fingerprint density at radius 2 is 1.68 bits per heavy atom. The molecule has 2 rings (SSSR count). The molecular weight excluding hydrogens is 376 g/mol. The molecule has 1 heterocycles. The summed E-state index contributed by atoms with van der Waals surface area (Å²) >= 11 is 1.33. The highest BCUT2D eigenvalue weighted by atomic mass is 32.2. The summed E-state index contributed by atoms with van der Waals surface area (Å²) in [5.74, 6) is 0.514. The molecule has 3 amide bonds. The maximum absolute atomic E-state index is 12.3. The van der Waals surface area contributed by atoms with Gasteiger partial charge in [-0.05, 0) is 25.5 Å². The molecule has 1 aliphatic rings. The van der Waals surface area contributed by atoms with E-state index in [9.17, 15) is 14.4 Å². The molecule has 28 heavy (non-hydrogen) atoms. The van der Waals surface area contributed by atoms with Gasteiger partial charge in [0, 0.05) is 38.4 Å². The van der Waals surface area contributed by atoms with Gasteiger partial charge in [0.25, 0.3) is 0 Å². The number of piperazine rings is 1. The first kappa shape index (κ1) is 22.2. The molecule has 154 valence electrons. The number of nitrogens with one attached hydrogen (secondary N) is 2. The van der Waals surface area contributed by atoms with Crippen LogP contribution in [0.1, 0.15) is 18.9 Å². The molecule has 0 spiro atoms. The van der Waals surface area contributed by atoms with E-state index in [-0.39, 0.29) is 29.2 Å². The number of nitrogens with zero attached hydrogens (tertiary/aromatic N) is 2. The quantitative estimate of drug-likeness (QED) is 0.647. The number of hydrogen-bond acceptors (Lipinski definition) is 5. The van der Waals surface area contributed by atoms with Gasteiger partial charge in [0.1, 0.15) is 0 Å². The van der Waals surface area contributed by atoms with Gasteiger partial charge in [-0.15, -0.1) is 11.8 Å². The number of aryl methyl sites for hydroxylation is 1. The zero-order valence-electron chi connectivity index (χ0n) is 16.7. The highest BCUT2D eigenvalue weighted by molar-refractivity contribution is 8.00. The zero-order valence-corrected chi connectivity index (χ0v) is 17.5. The van der Waals surface area contributed by atoms with Crippen LogP contribution < -0.4 is 10.6 Å². The molecular formula is C20H30N4O3S. The Morgan fingerprint density at radius 3 is 2.32 bits per heavy atom. The Labute approximate surface area is 171 Å². The van der Waals surface area contributed by atoms with Gasteiger partial charge in [0.2, 0.25) is 17.7 Å². The Kier molecular flexibility index (Phi) is 9.30. The van der Waals surface area contributed by atoms with Crippen LogP contribution in [0.2, 0.25) is 0 Å². The second-order valence-electron chi connectivity index (χ2n) is 6.91. The topological polar surface area (TPSA) is 81.8 Å². The summed E-state index contributed by atoms with van der Waals surface area (Å²) < 4.78 is 0. The molecule has 0 radical (unpaired) electrons. The van der Waals surface area contributed by atoms with E-state index in [1.54, 1.807) is 0 Å². The van der Waals surface area contributed by atoms with Crippen LogP contribution in [0.4, 0.5) is 5.69 Å². The van der Waals surface area contributed by atoms with Crippen molar-refractivity contribution in [3.8, 4) is 0 Å². The number of hydrogen-bond donors (Lipinski definition) is 2. The van der Waals surface area contributed by atoms with Gasteiger partial charge in [0.05, 0.1) is 18.1 Å². The van der Waals surface area contributed by atoms with Crippen LogP contribution in [0.15, 0.2) is 24.3 Å². The SMILES string of the molecule is CCCNC(=O)CN1CCN(C(=O)CSCC(=O)Nc2ccc(C)cc2)CC1. The molecule has 1 fully saturated rings. The van der Waals surface area contributed by atoms with Crippen LogP contribution in [0.5, 0.6) is 0 Å². The molecule has 0 bridgehead atoms. The monoisotopic (exact) mass is 406 g/mol. The first-order valence-corrected chi connectivity index (χ1v) is 10.8. The number of benzene rings is 1. The largest absolute Gasteiger partial charge is 0.355 e. The molecule has 0 unspecified atom stereocenters. The van der Waals surface area contributed by atoms with Gasteiger partial charge >= 0.3 is 0 Å². The van der Waals surface area contributed by atoms with Crippen molar-refractivity contribution in [2.75, 3.05) is 56.1 Å². The third kappa shape index (κ3) is 7.90. The Balaban J connectivity index is 1.61. The minimum Gasteiger partial charge on any atom is -0.355 e. The van der Waals surface area contributed by atoms with E-state index in [2.05, 4.69) is 15.5 Å².